The second-order valence-corrected chi connectivity index (χ2v) is 5.99. The summed E-state index contributed by atoms with van der Waals surface area (Å²) in [5.74, 6) is 0. The Morgan fingerprint density at radius 2 is 1.41 bits per heavy atom. The Bertz CT molecular complexity index is 837. The van der Waals surface area contributed by atoms with Crippen LogP contribution in [-0.2, 0) is 6.42 Å². The van der Waals surface area contributed by atoms with Crippen LogP contribution in [0.1, 0.15) is 22.3 Å². The van der Waals surface area contributed by atoms with Crippen LogP contribution in [-0.4, -0.2) is 0 Å². The Balaban J connectivity index is 1.71. The standard InChI is InChI=1S/C22H18/c1-16-7-9-18(10-8-16)19-11-12-20-14-21(15-22(20)13-19)17-5-3-2-4-6-17/h2-13,15H,14H2,1H3. The summed E-state index contributed by atoms with van der Waals surface area (Å²) in [6, 6.07) is 26.3. The topological polar surface area (TPSA) is 0 Å². The fourth-order valence-electron chi connectivity index (χ4n) is 3.10. The van der Waals surface area contributed by atoms with E-state index in [0.717, 1.165) is 6.42 Å². The lowest BCUT2D eigenvalue weighted by Gasteiger charge is -2.05. The van der Waals surface area contributed by atoms with Crippen molar-refractivity contribution in [2.75, 3.05) is 0 Å². The van der Waals surface area contributed by atoms with Gasteiger partial charge in [-0.3, -0.25) is 0 Å². The smallest absolute Gasteiger partial charge is 0.00137 e. The van der Waals surface area contributed by atoms with E-state index in [4.69, 9.17) is 0 Å². The van der Waals surface area contributed by atoms with Crippen LogP contribution >= 0.6 is 0 Å². The maximum Gasteiger partial charge on any atom is -0.00137 e. The van der Waals surface area contributed by atoms with Crippen molar-refractivity contribution in [2.45, 2.75) is 13.3 Å². The number of benzene rings is 3. The first kappa shape index (κ1) is 13.1. The van der Waals surface area contributed by atoms with Crippen molar-refractivity contribution in [1.82, 2.24) is 0 Å². The lowest BCUT2D eigenvalue weighted by molar-refractivity contribution is 1.31. The summed E-state index contributed by atoms with van der Waals surface area (Å²) in [6.45, 7) is 2.13. The molecule has 0 fully saturated rings. The highest BCUT2D eigenvalue weighted by Gasteiger charge is 2.14. The van der Waals surface area contributed by atoms with Crippen LogP contribution in [0.15, 0.2) is 72.8 Å². The molecule has 0 heteroatoms. The average Bonchev–Trinajstić information content (AvgIpc) is 2.99. The zero-order chi connectivity index (χ0) is 14.9. The highest BCUT2D eigenvalue weighted by atomic mass is 14.2. The van der Waals surface area contributed by atoms with Gasteiger partial charge in [0.15, 0.2) is 0 Å². The predicted octanol–water partition coefficient (Wildman–Crippen LogP) is 5.76. The van der Waals surface area contributed by atoms with Gasteiger partial charge in [-0.1, -0.05) is 78.4 Å². The van der Waals surface area contributed by atoms with Gasteiger partial charge in [0.1, 0.15) is 0 Å². The van der Waals surface area contributed by atoms with Crippen molar-refractivity contribution in [2.24, 2.45) is 0 Å². The van der Waals surface area contributed by atoms with Crippen LogP contribution in [0.2, 0.25) is 0 Å². The third kappa shape index (κ3) is 2.37. The molecule has 0 saturated carbocycles. The van der Waals surface area contributed by atoms with Gasteiger partial charge in [0, 0.05) is 0 Å². The zero-order valence-corrected chi connectivity index (χ0v) is 12.7. The van der Waals surface area contributed by atoms with Gasteiger partial charge in [0.25, 0.3) is 0 Å². The Kier molecular flexibility index (Phi) is 3.16. The second kappa shape index (κ2) is 5.31. The molecule has 3 aromatic rings. The Morgan fingerprint density at radius 1 is 0.682 bits per heavy atom. The summed E-state index contributed by atoms with van der Waals surface area (Å²) in [5, 5.41) is 0. The molecule has 3 aromatic carbocycles. The van der Waals surface area contributed by atoms with Crippen molar-refractivity contribution in [3.8, 4) is 11.1 Å². The molecule has 0 amide bonds. The van der Waals surface area contributed by atoms with Gasteiger partial charge in [-0.05, 0) is 52.8 Å². The van der Waals surface area contributed by atoms with Gasteiger partial charge in [-0.25, -0.2) is 0 Å². The number of hydrogen-bond acceptors (Lipinski definition) is 0. The molecule has 1 aliphatic rings. The molecule has 0 bridgehead atoms. The maximum absolute atomic E-state index is 2.34. The van der Waals surface area contributed by atoms with Gasteiger partial charge in [0.2, 0.25) is 0 Å². The van der Waals surface area contributed by atoms with Gasteiger partial charge < -0.3 is 0 Å². The third-order valence-electron chi connectivity index (χ3n) is 4.39. The fraction of sp³-hybridized carbons (Fsp3) is 0.0909. The molecular formula is C22H18. The first-order valence-corrected chi connectivity index (χ1v) is 7.75. The molecule has 4 rings (SSSR count). The number of aryl methyl sites for hydroxylation is 1. The molecule has 0 atom stereocenters. The van der Waals surface area contributed by atoms with E-state index in [1.807, 2.05) is 0 Å². The first-order valence-electron chi connectivity index (χ1n) is 7.75. The largest absolute Gasteiger partial charge is 0.0622 e. The minimum Gasteiger partial charge on any atom is -0.0622 e. The monoisotopic (exact) mass is 282 g/mol. The minimum atomic E-state index is 1.04. The lowest BCUT2D eigenvalue weighted by atomic mass is 9.99. The number of rotatable bonds is 2. The van der Waals surface area contributed by atoms with E-state index in [0.29, 0.717) is 0 Å². The van der Waals surface area contributed by atoms with Gasteiger partial charge >= 0.3 is 0 Å². The van der Waals surface area contributed by atoms with Gasteiger partial charge in [0.05, 0.1) is 0 Å². The van der Waals surface area contributed by atoms with Crippen molar-refractivity contribution in [3.63, 3.8) is 0 Å². The summed E-state index contributed by atoms with van der Waals surface area (Å²) in [4.78, 5) is 0. The van der Waals surface area contributed by atoms with Gasteiger partial charge in [-0.2, -0.15) is 0 Å². The molecule has 22 heavy (non-hydrogen) atoms. The normalized spacial score (nSPS) is 12.9. The van der Waals surface area contributed by atoms with E-state index >= 15 is 0 Å². The van der Waals surface area contributed by atoms with E-state index in [2.05, 4.69) is 85.8 Å². The molecule has 0 aliphatic heterocycles. The van der Waals surface area contributed by atoms with E-state index in [1.54, 1.807) is 0 Å². The summed E-state index contributed by atoms with van der Waals surface area (Å²) < 4.78 is 0. The number of hydrogen-bond donors (Lipinski definition) is 0. The van der Waals surface area contributed by atoms with E-state index < -0.39 is 0 Å². The third-order valence-corrected chi connectivity index (χ3v) is 4.39. The van der Waals surface area contributed by atoms with Crippen LogP contribution in [0.4, 0.5) is 0 Å². The van der Waals surface area contributed by atoms with E-state index in [-0.39, 0.29) is 0 Å². The van der Waals surface area contributed by atoms with Crippen LogP contribution in [0.25, 0.3) is 22.8 Å². The fourth-order valence-corrected chi connectivity index (χ4v) is 3.10. The summed E-state index contributed by atoms with van der Waals surface area (Å²) in [7, 11) is 0. The zero-order valence-electron chi connectivity index (χ0n) is 12.7. The average molecular weight is 282 g/mol. The predicted molar refractivity (Wildman–Crippen MR) is 94.6 cm³/mol. The van der Waals surface area contributed by atoms with Crippen LogP contribution < -0.4 is 0 Å². The summed E-state index contributed by atoms with van der Waals surface area (Å²) in [6.07, 6.45) is 3.37. The van der Waals surface area contributed by atoms with Crippen molar-refractivity contribution in [1.29, 1.82) is 0 Å². The summed E-state index contributed by atoms with van der Waals surface area (Å²) >= 11 is 0. The Morgan fingerprint density at radius 3 is 2.18 bits per heavy atom. The highest BCUT2D eigenvalue weighted by Crippen LogP contribution is 2.34. The molecule has 0 unspecified atom stereocenters. The Labute approximate surface area is 131 Å². The van der Waals surface area contributed by atoms with Crippen molar-refractivity contribution in [3.05, 3.63) is 95.1 Å². The lowest BCUT2D eigenvalue weighted by Crippen LogP contribution is -1.86. The first-order chi connectivity index (χ1) is 10.8. The highest BCUT2D eigenvalue weighted by molar-refractivity contribution is 5.89. The van der Waals surface area contributed by atoms with E-state index in [9.17, 15) is 0 Å². The van der Waals surface area contributed by atoms with Crippen molar-refractivity contribution < 1.29 is 0 Å². The molecule has 0 radical (unpaired) electrons. The second-order valence-electron chi connectivity index (χ2n) is 5.99. The molecule has 0 nitrogen and oxygen atoms in total. The van der Waals surface area contributed by atoms with Gasteiger partial charge in [-0.15, -0.1) is 0 Å². The summed E-state index contributed by atoms with van der Waals surface area (Å²) in [5.41, 5.74) is 9.41. The molecule has 0 aromatic heterocycles. The van der Waals surface area contributed by atoms with Crippen LogP contribution in [0, 0.1) is 6.92 Å². The SMILES string of the molecule is Cc1ccc(-c2ccc3c(c2)C=C(c2ccccc2)C3)cc1. The van der Waals surface area contributed by atoms with Crippen molar-refractivity contribution >= 4 is 11.6 Å². The maximum atomic E-state index is 2.34. The number of allylic oxidation sites excluding steroid dienone is 1. The molecule has 0 saturated heterocycles. The molecule has 1 aliphatic carbocycles. The molecule has 0 N–H and O–H groups in total. The minimum absolute atomic E-state index is 1.04. The van der Waals surface area contributed by atoms with Crippen LogP contribution in [0.3, 0.4) is 0 Å². The Hall–Kier alpha value is -2.60. The van der Waals surface area contributed by atoms with Crippen LogP contribution in [0.5, 0.6) is 0 Å². The molecular weight excluding hydrogens is 264 g/mol. The molecule has 106 valence electrons. The quantitative estimate of drug-likeness (QED) is 0.560. The number of fused-ring (bicyclic) bond motifs is 1. The molecule has 0 spiro atoms. The van der Waals surface area contributed by atoms with E-state index in [1.165, 1.54) is 39.0 Å². The molecule has 0 heterocycles.